The van der Waals surface area contributed by atoms with Crippen LogP contribution in [-0.2, 0) is 9.59 Å². The lowest BCUT2D eigenvalue weighted by atomic mass is 10.2. The van der Waals surface area contributed by atoms with E-state index in [0.717, 1.165) is 0 Å². The molecular weight excluding hydrogens is 202 g/mol. The molecule has 0 aliphatic rings. The quantitative estimate of drug-likeness (QED) is 0.230. The van der Waals surface area contributed by atoms with Gasteiger partial charge in [-0.1, -0.05) is 5.11 Å². The number of aliphatic carboxylic acids is 1. The van der Waals surface area contributed by atoms with Gasteiger partial charge in [0.25, 0.3) is 0 Å². The third-order valence-corrected chi connectivity index (χ3v) is 1.53. The maximum atomic E-state index is 11.1. The summed E-state index contributed by atoms with van der Waals surface area (Å²) in [6.45, 7) is 0.593. The van der Waals surface area contributed by atoms with Crippen molar-refractivity contribution in [1.29, 1.82) is 0 Å². The number of carbonyl (C=O) groups excluding carboxylic acids is 1. The summed E-state index contributed by atoms with van der Waals surface area (Å²) in [5.41, 5.74) is 13.2. The second kappa shape index (κ2) is 7.60. The molecule has 1 atom stereocenters. The Bertz CT molecular complexity index is 274. The summed E-state index contributed by atoms with van der Waals surface area (Å²) in [7, 11) is 0. The predicted octanol–water partition coefficient (Wildman–Crippen LogP) is -0.395. The molecule has 8 heteroatoms. The number of nitrogens with two attached hydrogens (primary N) is 1. The molecular formula is C7H13N5O3. The van der Waals surface area contributed by atoms with E-state index in [4.69, 9.17) is 16.4 Å². The van der Waals surface area contributed by atoms with Crippen molar-refractivity contribution in [1.82, 2.24) is 5.32 Å². The van der Waals surface area contributed by atoms with Gasteiger partial charge < -0.3 is 16.2 Å². The Kier molecular flexibility index (Phi) is 6.69. The summed E-state index contributed by atoms with van der Waals surface area (Å²) >= 11 is 0. The normalized spacial score (nSPS) is 11.3. The van der Waals surface area contributed by atoms with Crippen molar-refractivity contribution in [2.45, 2.75) is 18.9 Å². The highest BCUT2D eigenvalue weighted by molar-refractivity contribution is 5.85. The molecule has 1 amide bonds. The second-order valence-electron chi connectivity index (χ2n) is 2.80. The summed E-state index contributed by atoms with van der Waals surface area (Å²) in [6, 6.07) is -1.04. The van der Waals surface area contributed by atoms with Crippen molar-refractivity contribution in [2.75, 3.05) is 13.1 Å². The fourth-order valence-corrected chi connectivity index (χ4v) is 0.818. The van der Waals surface area contributed by atoms with Gasteiger partial charge in [0, 0.05) is 18.0 Å². The van der Waals surface area contributed by atoms with Crippen LogP contribution in [-0.4, -0.2) is 36.1 Å². The summed E-state index contributed by atoms with van der Waals surface area (Å²) in [5, 5.41) is 14.1. The van der Waals surface area contributed by atoms with Crippen LogP contribution in [0, 0.1) is 0 Å². The van der Waals surface area contributed by atoms with Crippen molar-refractivity contribution in [3.63, 3.8) is 0 Å². The maximum absolute atomic E-state index is 11.1. The minimum atomic E-state index is -1.12. The molecule has 0 saturated carbocycles. The molecule has 0 aromatic heterocycles. The van der Waals surface area contributed by atoms with Gasteiger partial charge in [-0.15, -0.1) is 0 Å². The van der Waals surface area contributed by atoms with Crippen molar-refractivity contribution in [3.05, 3.63) is 10.4 Å². The zero-order valence-electron chi connectivity index (χ0n) is 8.09. The van der Waals surface area contributed by atoms with Crippen molar-refractivity contribution in [2.24, 2.45) is 10.8 Å². The molecule has 0 rings (SSSR count). The monoisotopic (exact) mass is 215 g/mol. The van der Waals surface area contributed by atoms with Crippen LogP contribution >= 0.6 is 0 Å². The first-order chi connectivity index (χ1) is 7.07. The van der Waals surface area contributed by atoms with Gasteiger partial charge >= 0.3 is 5.97 Å². The fraction of sp³-hybridized carbons (Fsp3) is 0.714. The molecule has 0 aliphatic carbocycles. The predicted molar refractivity (Wildman–Crippen MR) is 51.9 cm³/mol. The van der Waals surface area contributed by atoms with Crippen LogP contribution < -0.4 is 11.1 Å². The SMILES string of the molecule is [N-]=[N+]=NCCCNC(=O)C(N)CC(=O)O. The Labute approximate surface area is 86.1 Å². The molecule has 15 heavy (non-hydrogen) atoms. The van der Waals surface area contributed by atoms with E-state index in [9.17, 15) is 9.59 Å². The van der Waals surface area contributed by atoms with E-state index in [1.54, 1.807) is 0 Å². The molecule has 0 aromatic rings. The van der Waals surface area contributed by atoms with Gasteiger partial charge in [-0.05, 0) is 12.0 Å². The van der Waals surface area contributed by atoms with Gasteiger partial charge in [0.2, 0.25) is 5.91 Å². The van der Waals surface area contributed by atoms with E-state index < -0.39 is 24.3 Å². The number of hydrogen-bond donors (Lipinski definition) is 3. The van der Waals surface area contributed by atoms with Gasteiger partial charge in [0.05, 0.1) is 12.5 Å². The Morgan fingerprint density at radius 3 is 2.80 bits per heavy atom. The average Bonchev–Trinajstić information content (AvgIpc) is 2.16. The van der Waals surface area contributed by atoms with Gasteiger partial charge in [-0.25, -0.2) is 0 Å². The van der Waals surface area contributed by atoms with Gasteiger partial charge in [-0.2, -0.15) is 0 Å². The average molecular weight is 215 g/mol. The molecule has 0 aromatic carbocycles. The lowest BCUT2D eigenvalue weighted by Crippen LogP contribution is -2.42. The molecule has 84 valence electrons. The highest BCUT2D eigenvalue weighted by Gasteiger charge is 2.15. The lowest BCUT2D eigenvalue weighted by Gasteiger charge is -2.09. The Hall–Kier alpha value is -1.79. The first-order valence-electron chi connectivity index (χ1n) is 4.34. The topological polar surface area (TPSA) is 141 Å². The highest BCUT2D eigenvalue weighted by Crippen LogP contribution is 1.88. The highest BCUT2D eigenvalue weighted by atomic mass is 16.4. The minimum Gasteiger partial charge on any atom is -0.481 e. The standard InChI is InChI=1S/C7H13N5O3/c8-5(4-6(13)14)7(15)10-2-1-3-11-12-9/h5H,1-4,8H2,(H,10,15)(H,13,14). The Morgan fingerprint density at radius 1 is 1.60 bits per heavy atom. The van der Waals surface area contributed by atoms with Crippen LogP contribution in [0.3, 0.4) is 0 Å². The molecule has 0 saturated heterocycles. The number of nitrogens with one attached hydrogen (secondary N) is 1. The van der Waals surface area contributed by atoms with Gasteiger partial charge in [0.1, 0.15) is 0 Å². The second-order valence-corrected chi connectivity index (χ2v) is 2.80. The largest absolute Gasteiger partial charge is 0.481 e. The third kappa shape index (κ3) is 7.29. The van der Waals surface area contributed by atoms with Crippen molar-refractivity contribution in [3.8, 4) is 0 Å². The van der Waals surface area contributed by atoms with E-state index in [1.807, 2.05) is 0 Å². The van der Waals surface area contributed by atoms with Gasteiger partial charge in [-0.3, -0.25) is 9.59 Å². The molecule has 8 nitrogen and oxygen atoms in total. The van der Waals surface area contributed by atoms with E-state index >= 15 is 0 Å². The summed E-state index contributed by atoms with van der Waals surface area (Å²) in [6.07, 6.45) is 0.0950. The number of hydrogen-bond acceptors (Lipinski definition) is 4. The lowest BCUT2D eigenvalue weighted by molar-refractivity contribution is -0.139. The van der Waals surface area contributed by atoms with E-state index in [-0.39, 0.29) is 6.54 Å². The van der Waals surface area contributed by atoms with Crippen LogP contribution in [0.4, 0.5) is 0 Å². The summed E-state index contributed by atoms with van der Waals surface area (Å²) in [4.78, 5) is 23.9. The fourth-order valence-electron chi connectivity index (χ4n) is 0.818. The molecule has 0 spiro atoms. The number of nitrogens with zero attached hydrogens (tertiary/aromatic N) is 3. The van der Waals surface area contributed by atoms with E-state index in [2.05, 4.69) is 15.3 Å². The smallest absolute Gasteiger partial charge is 0.305 e. The van der Waals surface area contributed by atoms with Crippen LogP contribution in [0.5, 0.6) is 0 Å². The zero-order chi connectivity index (χ0) is 11.7. The number of carboxylic acid groups (broad SMARTS) is 1. The molecule has 0 fully saturated rings. The molecule has 0 bridgehead atoms. The minimum absolute atomic E-state index is 0.283. The molecule has 4 N–H and O–H groups in total. The van der Waals surface area contributed by atoms with Crippen LogP contribution in [0.25, 0.3) is 10.4 Å². The number of rotatable bonds is 7. The molecule has 0 aliphatic heterocycles. The van der Waals surface area contributed by atoms with Crippen molar-refractivity contribution >= 4 is 11.9 Å². The number of amides is 1. The third-order valence-electron chi connectivity index (χ3n) is 1.53. The number of carbonyl (C=O) groups is 2. The van der Waals surface area contributed by atoms with Crippen LogP contribution in [0.15, 0.2) is 5.11 Å². The van der Waals surface area contributed by atoms with Crippen molar-refractivity contribution < 1.29 is 14.7 Å². The zero-order valence-corrected chi connectivity index (χ0v) is 8.09. The Morgan fingerprint density at radius 2 is 2.27 bits per heavy atom. The summed E-state index contributed by atoms with van der Waals surface area (Å²) in [5.74, 6) is -1.63. The van der Waals surface area contributed by atoms with Crippen LogP contribution in [0.2, 0.25) is 0 Å². The first kappa shape index (κ1) is 13.2. The molecule has 0 radical (unpaired) electrons. The molecule has 1 unspecified atom stereocenters. The Balaban J connectivity index is 3.64. The molecule has 0 heterocycles. The van der Waals surface area contributed by atoms with Gasteiger partial charge in [0.15, 0.2) is 0 Å². The number of carboxylic acids is 1. The first-order valence-corrected chi connectivity index (χ1v) is 4.34. The maximum Gasteiger partial charge on any atom is 0.305 e. The van der Waals surface area contributed by atoms with E-state index in [1.165, 1.54) is 0 Å². The van der Waals surface area contributed by atoms with E-state index in [0.29, 0.717) is 13.0 Å². The summed E-state index contributed by atoms with van der Waals surface area (Å²) < 4.78 is 0. The van der Waals surface area contributed by atoms with Crippen LogP contribution in [0.1, 0.15) is 12.8 Å². The number of azide groups is 1.